The molecule has 76 valence electrons. The van der Waals surface area contributed by atoms with Gasteiger partial charge in [-0.15, -0.1) is 0 Å². The van der Waals surface area contributed by atoms with E-state index in [2.05, 4.69) is 10.7 Å². The highest BCUT2D eigenvalue weighted by Gasteiger charge is 2.23. The van der Waals surface area contributed by atoms with Crippen LogP contribution in [0.1, 0.15) is 22.5 Å². The van der Waals surface area contributed by atoms with Crippen LogP contribution in [0.2, 0.25) is 0 Å². The van der Waals surface area contributed by atoms with Gasteiger partial charge < -0.3 is 10.8 Å². The zero-order valence-electron chi connectivity index (χ0n) is 6.67. The van der Waals surface area contributed by atoms with E-state index in [-0.39, 0.29) is 0 Å². The van der Waals surface area contributed by atoms with E-state index in [0.29, 0.717) is 6.20 Å². The van der Waals surface area contributed by atoms with Gasteiger partial charge in [0.05, 0.1) is 6.20 Å². The lowest BCUT2D eigenvalue weighted by molar-refractivity contribution is 0.0990. The molecule has 3 N–H and O–H groups in total. The van der Waals surface area contributed by atoms with Crippen LogP contribution in [0, 0.1) is 5.82 Å². The highest BCUT2D eigenvalue weighted by molar-refractivity contribution is 5.95. The average Bonchev–Trinajstić information content (AvgIpc) is 2.02. The Balaban J connectivity index is 3.41. The number of carbonyl (C=O) groups excluding carboxylic acids is 1. The average molecular weight is 206 g/mol. The number of pyridine rings is 1. The fraction of sp³-hybridized carbons (Fsp3) is 0.143. The van der Waals surface area contributed by atoms with E-state index in [1.165, 1.54) is 0 Å². The molecule has 4 nitrogen and oxygen atoms in total. The standard InChI is InChI=1S/C7H5F3N2O2/c8-4-3(7(11)14)2(13)1-12-5(4)6(9)10/h1,6,13H,(H2,11,14). The predicted molar refractivity (Wildman–Crippen MR) is 39.3 cm³/mol. The van der Waals surface area contributed by atoms with E-state index in [1.807, 2.05) is 0 Å². The Morgan fingerprint density at radius 3 is 2.57 bits per heavy atom. The first-order valence-corrected chi connectivity index (χ1v) is 3.40. The first kappa shape index (κ1) is 10.3. The maximum atomic E-state index is 13.0. The van der Waals surface area contributed by atoms with Gasteiger partial charge in [0.1, 0.15) is 17.0 Å². The summed E-state index contributed by atoms with van der Waals surface area (Å²) in [6.45, 7) is 0. The summed E-state index contributed by atoms with van der Waals surface area (Å²) < 4.78 is 37.2. The third kappa shape index (κ3) is 1.61. The van der Waals surface area contributed by atoms with Crippen molar-refractivity contribution in [3.63, 3.8) is 0 Å². The Labute approximate surface area is 76.2 Å². The molecule has 0 aromatic carbocycles. The summed E-state index contributed by atoms with van der Waals surface area (Å²) in [5, 5.41) is 8.92. The van der Waals surface area contributed by atoms with Gasteiger partial charge in [0.15, 0.2) is 5.82 Å². The number of alkyl halides is 2. The maximum absolute atomic E-state index is 13.0. The molecule has 0 unspecified atom stereocenters. The number of rotatable bonds is 2. The Hall–Kier alpha value is -1.79. The van der Waals surface area contributed by atoms with Crippen LogP contribution in [0.3, 0.4) is 0 Å². The van der Waals surface area contributed by atoms with Crippen LogP contribution < -0.4 is 5.73 Å². The van der Waals surface area contributed by atoms with Crippen molar-refractivity contribution in [3.8, 4) is 5.75 Å². The molecule has 0 aliphatic heterocycles. The number of hydrogen-bond donors (Lipinski definition) is 2. The minimum absolute atomic E-state index is 0.546. The van der Waals surface area contributed by atoms with Gasteiger partial charge >= 0.3 is 0 Å². The molecule has 1 heterocycles. The van der Waals surface area contributed by atoms with Crippen LogP contribution in [0.15, 0.2) is 6.20 Å². The zero-order chi connectivity index (χ0) is 10.9. The number of nitrogens with zero attached hydrogens (tertiary/aromatic N) is 1. The highest BCUT2D eigenvalue weighted by atomic mass is 19.3. The minimum atomic E-state index is -3.17. The molecule has 0 saturated carbocycles. The normalized spacial score (nSPS) is 10.6. The lowest BCUT2D eigenvalue weighted by Crippen LogP contribution is -2.15. The molecular weight excluding hydrogens is 201 g/mol. The van der Waals surface area contributed by atoms with Gasteiger partial charge in [-0.05, 0) is 0 Å². The van der Waals surface area contributed by atoms with Crippen LogP contribution in [0.4, 0.5) is 13.2 Å². The second-order valence-corrected chi connectivity index (χ2v) is 2.38. The summed E-state index contributed by atoms with van der Waals surface area (Å²) in [5.41, 5.74) is 2.48. The topological polar surface area (TPSA) is 76.2 Å². The third-order valence-electron chi connectivity index (χ3n) is 1.48. The first-order valence-electron chi connectivity index (χ1n) is 3.40. The van der Waals surface area contributed by atoms with Crippen molar-refractivity contribution in [2.24, 2.45) is 5.73 Å². The molecular formula is C7H5F3N2O2. The molecule has 0 radical (unpaired) electrons. The van der Waals surface area contributed by atoms with E-state index in [4.69, 9.17) is 5.11 Å². The monoisotopic (exact) mass is 206 g/mol. The molecule has 0 spiro atoms. The lowest BCUT2D eigenvalue weighted by Gasteiger charge is -2.05. The summed E-state index contributed by atoms with van der Waals surface area (Å²) >= 11 is 0. The number of primary amides is 1. The van der Waals surface area contributed by atoms with E-state index >= 15 is 0 Å². The SMILES string of the molecule is NC(=O)c1c(O)cnc(C(F)F)c1F. The molecule has 1 aromatic rings. The summed E-state index contributed by atoms with van der Waals surface area (Å²) in [5.74, 6) is -3.78. The second kappa shape index (κ2) is 3.52. The fourth-order valence-electron chi connectivity index (χ4n) is 0.879. The number of amides is 1. The molecule has 0 saturated heterocycles. The van der Waals surface area contributed by atoms with E-state index in [0.717, 1.165) is 0 Å². The van der Waals surface area contributed by atoms with Gasteiger partial charge in [-0.3, -0.25) is 4.79 Å². The molecule has 14 heavy (non-hydrogen) atoms. The van der Waals surface area contributed by atoms with Crippen molar-refractivity contribution in [1.29, 1.82) is 0 Å². The molecule has 0 aliphatic rings. The van der Waals surface area contributed by atoms with Crippen molar-refractivity contribution in [3.05, 3.63) is 23.3 Å². The van der Waals surface area contributed by atoms with E-state index in [1.54, 1.807) is 0 Å². The number of carbonyl (C=O) groups is 1. The molecule has 0 atom stereocenters. The second-order valence-electron chi connectivity index (χ2n) is 2.38. The van der Waals surface area contributed by atoms with Crippen molar-refractivity contribution in [2.45, 2.75) is 6.43 Å². The van der Waals surface area contributed by atoms with Gasteiger partial charge in [-0.1, -0.05) is 0 Å². The van der Waals surface area contributed by atoms with Crippen molar-refractivity contribution < 1.29 is 23.1 Å². The largest absolute Gasteiger partial charge is 0.505 e. The van der Waals surface area contributed by atoms with E-state index in [9.17, 15) is 18.0 Å². The van der Waals surface area contributed by atoms with Crippen molar-refractivity contribution in [2.75, 3.05) is 0 Å². The fourth-order valence-corrected chi connectivity index (χ4v) is 0.879. The van der Waals surface area contributed by atoms with Gasteiger partial charge in [0.25, 0.3) is 12.3 Å². The van der Waals surface area contributed by atoms with Gasteiger partial charge in [-0.2, -0.15) is 0 Å². The summed E-state index contributed by atoms with van der Waals surface area (Å²) in [7, 11) is 0. The Kier molecular flexibility index (Phi) is 2.59. The third-order valence-corrected chi connectivity index (χ3v) is 1.48. The predicted octanol–water partition coefficient (Wildman–Crippen LogP) is 0.963. The summed E-state index contributed by atoms with van der Waals surface area (Å²) in [4.78, 5) is 13.5. The van der Waals surface area contributed by atoms with E-state index < -0.39 is 35.2 Å². The van der Waals surface area contributed by atoms with Crippen LogP contribution in [-0.4, -0.2) is 16.0 Å². The number of aromatic hydroxyl groups is 1. The lowest BCUT2D eigenvalue weighted by atomic mass is 10.2. The molecule has 0 aliphatic carbocycles. The summed E-state index contributed by atoms with van der Waals surface area (Å²) in [6.07, 6.45) is -2.63. The Morgan fingerprint density at radius 1 is 1.57 bits per heavy atom. The van der Waals surface area contributed by atoms with Gasteiger partial charge in [-0.25, -0.2) is 18.2 Å². The smallest absolute Gasteiger partial charge is 0.283 e. The Morgan fingerprint density at radius 2 is 2.14 bits per heavy atom. The van der Waals surface area contributed by atoms with Crippen LogP contribution >= 0.6 is 0 Å². The molecule has 0 bridgehead atoms. The van der Waals surface area contributed by atoms with Gasteiger partial charge in [0.2, 0.25) is 0 Å². The number of hydrogen-bond acceptors (Lipinski definition) is 3. The minimum Gasteiger partial charge on any atom is -0.505 e. The van der Waals surface area contributed by atoms with Crippen LogP contribution in [-0.2, 0) is 0 Å². The van der Waals surface area contributed by atoms with Gasteiger partial charge in [0, 0.05) is 0 Å². The van der Waals surface area contributed by atoms with Crippen molar-refractivity contribution in [1.82, 2.24) is 4.98 Å². The molecule has 1 amide bonds. The molecule has 7 heteroatoms. The maximum Gasteiger partial charge on any atom is 0.283 e. The zero-order valence-corrected chi connectivity index (χ0v) is 6.67. The quantitative estimate of drug-likeness (QED) is 0.756. The first-order chi connectivity index (χ1) is 6.45. The number of aromatic nitrogens is 1. The highest BCUT2D eigenvalue weighted by Crippen LogP contribution is 2.26. The molecule has 1 rings (SSSR count). The van der Waals surface area contributed by atoms with Crippen LogP contribution in [0.25, 0.3) is 0 Å². The molecule has 0 fully saturated rings. The molecule has 1 aromatic heterocycles. The number of nitrogens with two attached hydrogens (primary N) is 1. The number of halogens is 3. The Bertz CT molecular complexity index is 381. The summed E-state index contributed by atoms with van der Waals surface area (Å²) in [6, 6.07) is 0. The van der Waals surface area contributed by atoms with Crippen molar-refractivity contribution >= 4 is 5.91 Å². The van der Waals surface area contributed by atoms with Crippen LogP contribution in [0.5, 0.6) is 5.75 Å².